The highest BCUT2D eigenvalue weighted by Crippen LogP contribution is 2.47. The lowest BCUT2D eigenvalue weighted by Gasteiger charge is -2.38. The molecule has 0 bridgehead atoms. The summed E-state index contributed by atoms with van der Waals surface area (Å²) in [5.41, 5.74) is 0.262. The standard InChI is InChI=1S/C10H14O2.C2H4/c1-3-8(4-2)10(9(11)12)6-5-7-10;1-2/h3-4H,1,5-7H2,2H3,(H,11,12);1-2H2/b8-4+;. The first-order chi connectivity index (χ1) is 6.67. The molecule has 1 rings (SSSR count). The molecule has 0 aromatic rings. The van der Waals surface area contributed by atoms with Gasteiger partial charge in [-0.15, -0.1) is 13.2 Å². The maximum atomic E-state index is 11.0. The van der Waals surface area contributed by atoms with Gasteiger partial charge in [0.25, 0.3) is 0 Å². The second-order valence-electron chi connectivity index (χ2n) is 3.19. The van der Waals surface area contributed by atoms with E-state index in [2.05, 4.69) is 19.7 Å². The van der Waals surface area contributed by atoms with Crippen molar-refractivity contribution in [2.45, 2.75) is 26.2 Å². The Hall–Kier alpha value is -1.31. The molecule has 0 aromatic heterocycles. The summed E-state index contributed by atoms with van der Waals surface area (Å²) in [6, 6.07) is 0. The van der Waals surface area contributed by atoms with Crippen LogP contribution in [0.15, 0.2) is 37.5 Å². The van der Waals surface area contributed by atoms with Gasteiger partial charge in [-0.25, -0.2) is 0 Å². The highest BCUT2D eigenvalue weighted by Gasteiger charge is 2.46. The molecule has 0 aliphatic heterocycles. The molecule has 1 saturated carbocycles. The molecule has 14 heavy (non-hydrogen) atoms. The van der Waals surface area contributed by atoms with Crippen molar-refractivity contribution in [3.8, 4) is 0 Å². The predicted molar refractivity (Wildman–Crippen MR) is 59.1 cm³/mol. The van der Waals surface area contributed by atoms with Crippen molar-refractivity contribution < 1.29 is 9.90 Å². The highest BCUT2D eigenvalue weighted by molar-refractivity contribution is 5.80. The van der Waals surface area contributed by atoms with E-state index in [0.29, 0.717) is 0 Å². The van der Waals surface area contributed by atoms with Crippen LogP contribution in [0.5, 0.6) is 0 Å². The molecule has 2 heteroatoms. The average molecular weight is 194 g/mol. The van der Waals surface area contributed by atoms with Crippen molar-refractivity contribution in [1.82, 2.24) is 0 Å². The molecule has 0 aromatic carbocycles. The Morgan fingerprint density at radius 3 is 2.00 bits per heavy atom. The fourth-order valence-electron chi connectivity index (χ4n) is 1.75. The number of hydrogen-bond acceptors (Lipinski definition) is 1. The fraction of sp³-hybridized carbons (Fsp3) is 0.417. The van der Waals surface area contributed by atoms with Crippen molar-refractivity contribution in [3.05, 3.63) is 37.5 Å². The minimum atomic E-state index is -0.707. The molecule has 0 unspecified atom stereocenters. The summed E-state index contributed by atoms with van der Waals surface area (Å²) in [5.74, 6) is -0.707. The van der Waals surface area contributed by atoms with Crippen LogP contribution in [0.4, 0.5) is 0 Å². The molecular formula is C12H18O2. The zero-order chi connectivity index (χ0) is 11.2. The van der Waals surface area contributed by atoms with E-state index >= 15 is 0 Å². The van der Waals surface area contributed by atoms with Gasteiger partial charge in [0.1, 0.15) is 0 Å². The Morgan fingerprint density at radius 2 is 1.93 bits per heavy atom. The van der Waals surface area contributed by atoms with Crippen LogP contribution in [0.25, 0.3) is 0 Å². The second-order valence-corrected chi connectivity index (χ2v) is 3.19. The summed E-state index contributed by atoms with van der Waals surface area (Å²) in [6.45, 7) is 11.5. The maximum absolute atomic E-state index is 11.0. The van der Waals surface area contributed by atoms with Gasteiger partial charge in [0.15, 0.2) is 0 Å². The molecule has 1 aliphatic carbocycles. The zero-order valence-corrected chi connectivity index (χ0v) is 8.75. The summed E-state index contributed by atoms with van der Waals surface area (Å²) in [7, 11) is 0. The van der Waals surface area contributed by atoms with E-state index in [0.717, 1.165) is 24.8 Å². The highest BCUT2D eigenvalue weighted by atomic mass is 16.4. The molecule has 0 saturated heterocycles. The third kappa shape index (κ3) is 1.95. The number of rotatable bonds is 3. The topological polar surface area (TPSA) is 37.3 Å². The molecule has 0 spiro atoms. The summed E-state index contributed by atoms with van der Waals surface area (Å²) in [6.07, 6.45) is 6.03. The van der Waals surface area contributed by atoms with Crippen molar-refractivity contribution in [2.75, 3.05) is 0 Å². The van der Waals surface area contributed by atoms with E-state index in [1.165, 1.54) is 0 Å². The Labute approximate surface area is 85.6 Å². The number of allylic oxidation sites excluding steroid dienone is 2. The molecule has 2 nitrogen and oxygen atoms in total. The third-order valence-corrected chi connectivity index (χ3v) is 2.70. The van der Waals surface area contributed by atoms with Crippen LogP contribution in [-0.4, -0.2) is 11.1 Å². The average Bonchev–Trinajstić information content (AvgIpc) is 2.13. The Balaban J connectivity index is 0.000000791. The van der Waals surface area contributed by atoms with E-state index in [1.807, 2.05) is 13.0 Å². The lowest BCUT2D eigenvalue weighted by molar-refractivity contribution is -0.150. The lowest BCUT2D eigenvalue weighted by atomic mass is 9.64. The minimum absolute atomic E-state index is 0.601. The number of aliphatic carboxylic acids is 1. The molecule has 1 aliphatic rings. The number of carboxylic acid groups (broad SMARTS) is 1. The van der Waals surface area contributed by atoms with E-state index in [1.54, 1.807) is 6.08 Å². The quantitative estimate of drug-likeness (QED) is 0.553. The van der Waals surface area contributed by atoms with Crippen LogP contribution >= 0.6 is 0 Å². The molecule has 0 amide bonds. The van der Waals surface area contributed by atoms with Crippen molar-refractivity contribution >= 4 is 5.97 Å². The van der Waals surface area contributed by atoms with Crippen LogP contribution < -0.4 is 0 Å². The van der Waals surface area contributed by atoms with Gasteiger partial charge in [-0.3, -0.25) is 4.79 Å². The van der Waals surface area contributed by atoms with E-state index < -0.39 is 11.4 Å². The number of carboxylic acids is 1. The normalized spacial score (nSPS) is 18.5. The minimum Gasteiger partial charge on any atom is -0.481 e. The molecular weight excluding hydrogens is 176 g/mol. The number of hydrogen-bond donors (Lipinski definition) is 1. The lowest BCUT2D eigenvalue weighted by Crippen LogP contribution is -2.39. The predicted octanol–water partition coefficient (Wildman–Crippen LogP) is 3.18. The Kier molecular flexibility index (Phi) is 4.92. The Morgan fingerprint density at radius 1 is 1.43 bits per heavy atom. The monoisotopic (exact) mass is 194 g/mol. The van der Waals surface area contributed by atoms with E-state index in [9.17, 15) is 4.79 Å². The van der Waals surface area contributed by atoms with Gasteiger partial charge in [0.2, 0.25) is 0 Å². The van der Waals surface area contributed by atoms with Gasteiger partial charge < -0.3 is 5.11 Å². The van der Waals surface area contributed by atoms with Crippen LogP contribution in [0.1, 0.15) is 26.2 Å². The number of carbonyl (C=O) groups is 1. The first-order valence-corrected chi connectivity index (χ1v) is 4.70. The third-order valence-electron chi connectivity index (χ3n) is 2.70. The summed E-state index contributed by atoms with van der Waals surface area (Å²) >= 11 is 0. The molecule has 78 valence electrons. The van der Waals surface area contributed by atoms with Crippen LogP contribution in [0, 0.1) is 5.41 Å². The van der Waals surface area contributed by atoms with Gasteiger partial charge >= 0.3 is 5.97 Å². The fourth-order valence-corrected chi connectivity index (χ4v) is 1.75. The summed E-state index contributed by atoms with van der Waals surface area (Å²) < 4.78 is 0. The SMILES string of the molecule is C=C.C=C/C(=C\C)C1(C(=O)O)CCC1. The first-order valence-electron chi connectivity index (χ1n) is 4.70. The van der Waals surface area contributed by atoms with Crippen LogP contribution in [0.3, 0.4) is 0 Å². The molecule has 0 radical (unpaired) electrons. The molecule has 1 fully saturated rings. The van der Waals surface area contributed by atoms with Gasteiger partial charge in [-0.2, -0.15) is 0 Å². The van der Waals surface area contributed by atoms with Crippen molar-refractivity contribution in [2.24, 2.45) is 5.41 Å². The van der Waals surface area contributed by atoms with E-state index in [4.69, 9.17) is 5.11 Å². The van der Waals surface area contributed by atoms with Crippen molar-refractivity contribution in [3.63, 3.8) is 0 Å². The van der Waals surface area contributed by atoms with Crippen LogP contribution in [-0.2, 0) is 4.79 Å². The Bertz CT molecular complexity index is 247. The largest absolute Gasteiger partial charge is 0.481 e. The smallest absolute Gasteiger partial charge is 0.314 e. The second kappa shape index (κ2) is 5.43. The van der Waals surface area contributed by atoms with Crippen LogP contribution in [0.2, 0.25) is 0 Å². The van der Waals surface area contributed by atoms with Gasteiger partial charge in [0.05, 0.1) is 5.41 Å². The first kappa shape index (κ1) is 12.7. The van der Waals surface area contributed by atoms with Crippen molar-refractivity contribution in [1.29, 1.82) is 0 Å². The molecule has 1 N–H and O–H groups in total. The van der Waals surface area contributed by atoms with Gasteiger partial charge in [-0.1, -0.05) is 25.2 Å². The zero-order valence-electron chi connectivity index (χ0n) is 8.75. The van der Waals surface area contributed by atoms with Gasteiger partial charge in [0, 0.05) is 0 Å². The summed E-state index contributed by atoms with van der Waals surface area (Å²) in [4.78, 5) is 11.0. The molecule has 0 heterocycles. The van der Waals surface area contributed by atoms with Gasteiger partial charge in [-0.05, 0) is 25.3 Å². The van der Waals surface area contributed by atoms with E-state index in [-0.39, 0.29) is 0 Å². The summed E-state index contributed by atoms with van der Waals surface area (Å²) in [5, 5.41) is 9.03. The molecule has 0 atom stereocenters. The maximum Gasteiger partial charge on any atom is 0.314 e.